The second-order valence-electron chi connectivity index (χ2n) is 3.28. The molecule has 0 fully saturated rings. The summed E-state index contributed by atoms with van der Waals surface area (Å²) in [5, 5.41) is 7.23. The Morgan fingerprint density at radius 1 is 1.50 bits per heavy atom. The zero-order chi connectivity index (χ0) is 10.1. The van der Waals surface area contributed by atoms with Gasteiger partial charge in [-0.05, 0) is 12.1 Å². The number of benzene rings is 1. The Kier molecular flexibility index (Phi) is 1.96. The Morgan fingerprint density at radius 2 is 2.21 bits per heavy atom. The molecule has 0 radical (unpaired) electrons. The lowest BCUT2D eigenvalue weighted by Crippen LogP contribution is -2.15. The molecule has 0 aliphatic carbocycles. The van der Waals surface area contributed by atoms with E-state index in [0.717, 1.165) is 16.9 Å². The molecule has 1 heterocycles. The van der Waals surface area contributed by atoms with Crippen LogP contribution in [0.25, 0.3) is 11.0 Å². The van der Waals surface area contributed by atoms with Crippen LogP contribution in [0.3, 0.4) is 0 Å². The smallest absolute Gasteiger partial charge is 0.117 e. The highest BCUT2D eigenvalue weighted by molar-refractivity contribution is 5.81. The van der Waals surface area contributed by atoms with Crippen molar-refractivity contribution in [1.29, 1.82) is 5.41 Å². The molecule has 0 aliphatic rings. The number of para-hydroxylation sites is 2. The summed E-state index contributed by atoms with van der Waals surface area (Å²) in [6.07, 6.45) is 0.408. The van der Waals surface area contributed by atoms with Gasteiger partial charge in [-0.3, -0.25) is 5.41 Å². The molecule has 0 saturated heterocycles. The molecule has 1 aromatic heterocycles. The quantitative estimate of drug-likeness (QED) is 0.546. The molecule has 0 unspecified atom stereocenters. The lowest BCUT2D eigenvalue weighted by molar-refractivity contribution is 0.861. The number of nitrogens with two attached hydrogens (primary N) is 1. The second-order valence-corrected chi connectivity index (χ2v) is 3.28. The van der Waals surface area contributed by atoms with E-state index in [9.17, 15) is 0 Å². The Bertz CT molecular complexity index is 484. The molecule has 0 saturated carbocycles. The minimum Gasteiger partial charge on any atom is -0.387 e. The van der Waals surface area contributed by atoms with E-state index in [2.05, 4.69) is 4.98 Å². The van der Waals surface area contributed by atoms with Gasteiger partial charge < -0.3 is 10.3 Å². The highest BCUT2D eigenvalue weighted by atomic mass is 15.1. The van der Waals surface area contributed by atoms with Crippen LogP contribution in [0, 0.1) is 5.41 Å². The van der Waals surface area contributed by atoms with E-state index in [-0.39, 0.29) is 5.84 Å². The van der Waals surface area contributed by atoms with Crippen molar-refractivity contribution in [3.63, 3.8) is 0 Å². The van der Waals surface area contributed by atoms with E-state index in [0.29, 0.717) is 6.42 Å². The number of fused-ring (bicyclic) bond motifs is 1. The molecule has 72 valence electrons. The third kappa shape index (κ3) is 1.35. The van der Waals surface area contributed by atoms with E-state index in [1.165, 1.54) is 0 Å². The number of amidine groups is 1. The van der Waals surface area contributed by atoms with Gasteiger partial charge in [0.05, 0.1) is 23.3 Å². The zero-order valence-electron chi connectivity index (χ0n) is 7.99. The van der Waals surface area contributed by atoms with Crippen LogP contribution in [0.1, 0.15) is 5.82 Å². The van der Waals surface area contributed by atoms with Crippen molar-refractivity contribution in [2.24, 2.45) is 12.8 Å². The topological polar surface area (TPSA) is 67.7 Å². The minimum atomic E-state index is 0.142. The van der Waals surface area contributed by atoms with Crippen molar-refractivity contribution in [2.45, 2.75) is 6.42 Å². The first kappa shape index (κ1) is 8.74. The summed E-state index contributed by atoms with van der Waals surface area (Å²) in [6, 6.07) is 7.89. The fourth-order valence-corrected chi connectivity index (χ4v) is 1.52. The average Bonchev–Trinajstić information content (AvgIpc) is 2.44. The van der Waals surface area contributed by atoms with Crippen LogP contribution in [-0.2, 0) is 13.5 Å². The number of rotatable bonds is 2. The summed E-state index contributed by atoms with van der Waals surface area (Å²) < 4.78 is 1.97. The molecule has 0 amide bonds. The predicted molar refractivity (Wildman–Crippen MR) is 56.3 cm³/mol. The predicted octanol–water partition coefficient (Wildman–Crippen LogP) is 1.05. The van der Waals surface area contributed by atoms with Crippen LogP contribution in [0.5, 0.6) is 0 Å². The molecule has 0 aliphatic heterocycles. The molecular weight excluding hydrogens is 176 g/mol. The van der Waals surface area contributed by atoms with Crippen LogP contribution in [0.15, 0.2) is 24.3 Å². The van der Waals surface area contributed by atoms with Crippen LogP contribution < -0.4 is 5.73 Å². The minimum absolute atomic E-state index is 0.142. The Hall–Kier alpha value is -1.84. The lowest BCUT2D eigenvalue weighted by atomic mass is 10.3. The standard InChI is InChI=1S/C10H12N4/c1-14-8-5-3-2-4-7(8)13-10(14)6-9(11)12/h2-5H,6H2,1H3,(H3,11,12). The van der Waals surface area contributed by atoms with Crippen molar-refractivity contribution in [3.8, 4) is 0 Å². The first-order chi connectivity index (χ1) is 6.68. The summed E-state index contributed by atoms with van der Waals surface area (Å²) in [4.78, 5) is 4.39. The Morgan fingerprint density at radius 3 is 2.86 bits per heavy atom. The van der Waals surface area contributed by atoms with Gasteiger partial charge in [-0.2, -0.15) is 0 Å². The van der Waals surface area contributed by atoms with E-state index >= 15 is 0 Å². The fourth-order valence-electron chi connectivity index (χ4n) is 1.52. The molecule has 4 heteroatoms. The molecule has 3 N–H and O–H groups in total. The average molecular weight is 188 g/mol. The summed E-state index contributed by atoms with van der Waals surface area (Å²) in [6.45, 7) is 0. The number of nitrogens with zero attached hydrogens (tertiary/aromatic N) is 2. The number of aromatic nitrogens is 2. The van der Waals surface area contributed by atoms with Crippen LogP contribution in [-0.4, -0.2) is 15.4 Å². The van der Waals surface area contributed by atoms with E-state index in [4.69, 9.17) is 11.1 Å². The summed E-state index contributed by atoms with van der Waals surface area (Å²) in [5.41, 5.74) is 7.37. The van der Waals surface area contributed by atoms with Crippen molar-refractivity contribution in [3.05, 3.63) is 30.1 Å². The van der Waals surface area contributed by atoms with Crippen molar-refractivity contribution < 1.29 is 0 Å². The molecule has 2 rings (SSSR count). The number of nitrogens with one attached hydrogen (secondary N) is 1. The summed E-state index contributed by atoms with van der Waals surface area (Å²) >= 11 is 0. The van der Waals surface area contributed by atoms with Gasteiger partial charge in [0.2, 0.25) is 0 Å². The third-order valence-corrected chi connectivity index (χ3v) is 2.23. The largest absolute Gasteiger partial charge is 0.387 e. The molecular formula is C10H12N4. The van der Waals surface area contributed by atoms with Gasteiger partial charge in [-0.15, -0.1) is 0 Å². The SMILES string of the molecule is Cn1c(CC(=N)N)nc2ccccc21. The summed E-state index contributed by atoms with van der Waals surface area (Å²) in [7, 11) is 1.94. The monoisotopic (exact) mass is 188 g/mol. The second kappa shape index (κ2) is 3.14. The van der Waals surface area contributed by atoms with E-state index in [1.54, 1.807) is 0 Å². The Balaban J connectivity index is 2.57. The molecule has 1 aromatic carbocycles. The Labute approximate surface area is 81.9 Å². The van der Waals surface area contributed by atoms with Gasteiger partial charge in [0, 0.05) is 7.05 Å². The maximum atomic E-state index is 7.23. The highest BCUT2D eigenvalue weighted by Gasteiger charge is 2.06. The lowest BCUT2D eigenvalue weighted by Gasteiger charge is -1.99. The van der Waals surface area contributed by atoms with E-state index < -0.39 is 0 Å². The zero-order valence-corrected chi connectivity index (χ0v) is 7.99. The van der Waals surface area contributed by atoms with Gasteiger partial charge in [0.1, 0.15) is 5.82 Å². The number of hydrogen-bond acceptors (Lipinski definition) is 2. The van der Waals surface area contributed by atoms with Gasteiger partial charge in [0.25, 0.3) is 0 Å². The third-order valence-electron chi connectivity index (χ3n) is 2.23. The molecule has 14 heavy (non-hydrogen) atoms. The number of aryl methyl sites for hydroxylation is 1. The molecule has 0 spiro atoms. The van der Waals surface area contributed by atoms with Crippen LogP contribution in [0.2, 0.25) is 0 Å². The van der Waals surface area contributed by atoms with Crippen LogP contribution >= 0.6 is 0 Å². The number of imidazole rings is 1. The van der Waals surface area contributed by atoms with Crippen molar-refractivity contribution in [2.75, 3.05) is 0 Å². The van der Waals surface area contributed by atoms with Gasteiger partial charge in [0.15, 0.2) is 0 Å². The first-order valence-corrected chi connectivity index (χ1v) is 4.41. The molecule has 2 aromatic rings. The maximum Gasteiger partial charge on any atom is 0.117 e. The maximum absolute atomic E-state index is 7.23. The number of hydrogen-bond donors (Lipinski definition) is 2. The molecule has 0 bridgehead atoms. The highest BCUT2D eigenvalue weighted by Crippen LogP contribution is 2.14. The van der Waals surface area contributed by atoms with Gasteiger partial charge >= 0.3 is 0 Å². The van der Waals surface area contributed by atoms with Gasteiger partial charge in [-0.25, -0.2) is 4.98 Å². The van der Waals surface area contributed by atoms with Crippen molar-refractivity contribution in [1.82, 2.24) is 9.55 Å². The normalized spacial score (nSPS) is 10.6. The van der Waals surface area contributed by atoms with Crippen LogP contribution in [0.4, 0.5) is 0 Å². The van der Waals surface area contributed by atoms with Crippen molar-refractivity contribution >= 4 is 16.9 Å². The molecule has 4 nitrogen and oxygen atoms in total. The van der Waals surface area contributed by atoms with E-state index in [1.807, 2.05) is 35.9 Å². The fraction of sp³-hybridized carbons (Fsp3) is 0.200. The van der Waals surface area contributed by atoms with Gasteiger partial charge in [-0.1, -0.05) is 12.1 Å². The summed E-state index contributed by atoms with van der Waals surface area (Å²) in [5.74, 6) is 0.974. The first-order valence-electron chi connectivity index (χ1n) is 4.41. The molecule has 0 atom stereocenters.